The first-order chi connectivity index (χ1) is 18.3. The highest BCUT2D eigenvalue weighted by Gasteiger charge is 2.35. The summed E-state index contributed by atoms with van der Waals surface area (Å²) in [5.41, 5.74) is 1.77. The average molecular weight is 586 g/mol. The smallest absolute Gasteiger partial charge is 0.393 e. The topological polar surface area (TPSA) is 108 Å². The fourth-order valence-electron chi connectivity index (χ4n) is 3.66. The number of carbonyl (C=O) groups is 1. The summed E-state index contributed by atoms with van der Waals surface area (Å²) in [4.78, 5) is 16.7. The molecule has 0 saturated heterocycles. The third-order valence-corrected chi connectivity index (χ3v) is 8.07. The van der Waals surface area contributed by atoms with E-state index in [2.05, 4.69) is 5.09 Å². The van der Waals surface area contributed by atoms with Crippen molar-refractivity contribution in [1.29, 1.82) is 0 Å². The molecule has 1 unspecified atom stereocenters. The number of benzene rings is 2. The molecule has 10 nitrogen and oxygen atoms in total. The number of aromatic nitrogens is 1. The molecule has 0 spiro atoms. The predicted molar refractivity (Wildman–Crippen MR) is 148 cm³/mol. The van der Waals surface area contributed by atoms with Crippen LogP contribution in [-0.4, -0.2) is 75.5 Å². The highest BCUT2D eigenvalue weighted by molar-refractivity contribution is 7.54. The number of halogens is 2. The number of esters is 1. The Morgan fingerprint density at radius 2 is 1.58 bits per heavy atom. The van der Waals surface area contributed by atoms with Crippen LogP contribution >= 0.6 is 30.9 Å². The van der Waals surface area contributed by atoms with Gasteiger partial charge in [-0.1, -0.05) is 0 Å². The van der Waals surface area contributed by atoms with E-state index in [4.69, 9.17) is 51.7 Å². The fraction of sp³-hybridized carbons (Fsp3) is 0.360. The molecule has 13 heteroatoms. The second-order valence-electron chi connectivity index (χ2n) is 7.81. The number of hydrogen-bond acceptors (Lipinski definition) is 8. The zero-order valence-electron chi connectivity index (χ0n) is 21.5. The fourth-order valence-corrected chi connectivity index (χ4v) is 6.15. The quantitative estimate of drug-likeness (QED) is 0.158. The van der Waals surface area contributed by atoms with Crippen LogP contribution in [-0.2, 0) is 14.1 Å². The molecule has 206 valence electrons. The molecule has 0 bridgehead atoms. The highest BCUT2D eigenvalue weighted by Crippen LogP contribution is 2.50. The van der Waals surface area contributed by atoms with Crippen LogP contribution in [0, 0.1) is 0 Å². The second kappa shape index (κ2) is 13.9. The molecule has 0 fully saturated rings. The van der Waals surface area contributed by atoms with Gasteiger partial charge in [-0.15, -0.1) is 23.2 Å². The lowest BCUT2D eigenvalue weighted by molar-refractivity contribution is -0.139. The summed E-state index contributed by atoms with van der Waals surface area (Å²) in [6, 6.07) is 12.4. The molecule has 0 aliphatic carbocycles. The Kier molecular flexibility index (Phi) is 10.9. The molecule has 2 aromatic carbocycles. The van der Waals surface area contributed by atoms with E-state index in [1.807, 2.05) is 12.1 Å². The van der Waals surface area contributed by atoms with Crippen molar-refractivity contribution in [3.8, 4) is 34.3 Å². The molecule has 0 aliphatic rings. The normalized spacial score (nSPS) is 12.7. The van der Waals surface area contributed by atoms with Gasteiger partial charge in [0, 0.05) is 48.6 Å². The summed E-state index contributed by atoms with van der Waals surface area (Å²) in [7, 11) is 1.90. The molecular weight excluding hydrogens is 556 g/mol. The Labute approximate surface area is 231 Å². The van der Waals surface area contributed by atoms with E-state index < -0.39 is 13.6 Å². The molecule has 0 aliphatic heterocycles. The Morgan fingerprint density at radius 3 is 2.13 bits per heavy atom. The first kappa shape index (κ1) is 29.8. The monoisotopic (exact) mass is 585 g/mol. The number of fused-ring (bicyclic) bond motifs is 1. The zero-order chi connectivity index (χ0) is 27.7. The van der Waals surface area contributed by atoms with Crippen LogP contribution in [0.15, 0.2) is 42.5 Å². The number of pyridine rings is 1. The minimum Gasteiger partial charge on any atom is -0.497 e. The minimum absolute atomic E-state index is 0.152. The number of ether oxygens (including phenoxy) is 4. The summed E-state index contributed by atoms with van der Waals surface area (Å²) in [5.74, 6) is 1.48. The van der Waals surface area contributed by atoms with Crippen molar-refractivity contribution >= 4 is 47.7 Å². The van der Waals surface area contributed by atoms with Gasteiger partial charge in [-0.3, -0.25) is 4.79 Å². The molecule has 1 heterocycles. The van der Waals surface area contributed by atoms with Crippen LogP contribution in [0.1, 0.15) is 0 Å². The van der Waals surface area contributed by atoms with Crippen molar-refractivity contribution in [2.45, 2.75) is 0 Å². The van der Waals surface area contributed by atoms with Gasteiger partial charge in [-0.05, 0) is 24.3 Å². The lowest BCUT2D eigenvalue weighted by Gasteiger charge is -2.31. The molecule has 38 heavy (non-hydrogen) atoms. The van der Waals surface area contributed by atoms with Crippen LogP contribution in [0.3, 0.4) is 0 Å². The number of nitrogens with zero attached hydrogens (tertiary/aromatic N) is 2. The van der Waals surface area contributed by atoms with Crippen molar-refractivity contribution in [1.82, 2.24) is 14.7 Å². The van der Waals surface area contributed by atoms with Gasteiger partial charge in [0.15, 0.2) is 0 Å². The van der Waals surface area contributed by atoms with Gasteiger partial charge < -0.3 is 23.5 Å². The standard InChI is InChI=1S/C25H30Cl2N3O7P/c1-33-18-7-5-17(6-8-18)20-15-23(25-21(29-20)13-19(34-2)14-22(25)35-3)37-38(32,28-16-24(31)36-4)30(11-9-26)12-10-27/h5-8,13-15H,9-12,16H2,1-4H3,(H,28,32). The van der Waals surface area contributed by atoms with Crippen LogP contribution in [0.4, 0.5) is 0 Å². The summed E-state index contributed by atoms with van der Waals surface area (Å²) in [6.45, 7) is -0.00770. The van der Waals surface area contributed by atoms with Gasteiger partial charge >= 0.3 is 13.6 Å². The maximum absolute atomic E-state index is 14.3. The van der Waals surface area contributed by atoms with Crippen molar-refractivity contribution in [2.24, 2.45) is 0 Å². The van der Waals surface area contributed by atoms with Crippen molar-refractivity contribution < 1.29 is 32.8 Å². The summed E-state index contributed by atoms with van der Waals surface area (Å²) >= 11 is 12.0. The number of nitrogens with one attached hydrogen (secondary N) is 1. The van der Waals surface area contributed by atoms with E-state index in [9.17, 15) is 9.36 Å². The second-order valence-corrected chi connectivity index (χ2v) is 10.7. The molecular formula is C25H30Cl2N3O7P. The molecule has 0 radical (unpaired) electrons. The molecule has 3 rings (SSSR count). The van der Waals surface area contributed by atoms with Crippen molar-refractivity contribution in [3.63, 3.8) is 0 Å². The lowest BCUT2D eigenvalue weighted by Crippen LogP contribution is -2.36. The number of hydrogen-bond donors (Lipinski definition) is 1. The highest BCUT2D eigenvalue weighted by atomic mass is 35.5. The largest absolute Gasteiger partial charge is 0.497 e. The number of carbonyl (C=O) groups excluding carboxylic acids is 1. The van der Waals surface area contributed by atoms with Crippen LogP contribution in [0.2, 0.25) is 0 Å². The van der Waals surface area contributed by atoms with Crippen LogP contribution < -0.4 is 23.8 Å². The van der Waals surface area contributed by atoms with E-state index in [0.717, 1.165) is 5.56 Å². The number of rotatable bonds is 14. The van der Waals surface area contributed by atoms with E-state index in [1.165, 1.54) is 26.0 Å². The van der Waals surface area contributed by atoms with E-state index in [0.29, 0.717) is 33.8 Å². The number of methoxy groups -OCH3 is 4. The Morgan fingerprint density at radius 1 is 0.921 bits per heavy atom. The van der Waals surface area contributed by atoms with Crippen molar-refractivity contribution in [2.75, 3.05) is 59.8 Å². The SMILES string of the molecule is COC(=O)CNP(=O)(Oc1cc(-c2ccc(OC)cc2)nc2cc(OC)cc(OC)c12)N(CCCl)CCCl. The van der Waals surface area contributed by atoms with E-state index >= 15 is 0 Å². The average Bonchev–Trinajstić information content (AvgIpc) is 2.94. The van der Waals surface area contributed by atoms with E-state index in [-0.39, 0.29) is 37.1 Å². The molecule has 3 aromatic rings. The third kappa shape index (κ3) is 7.01. The van der Waals surface area contributed by atoms with Gasteiger partial charge in [-0.2, -0.15) is 0 Å². The molecule has 0 saturated carbocycles. The van der Waals surface area contributed by atoms with Gasteiger partial charge in [0.2, 0.25) is 0 Å². The van der Waals surface area contributed by atoms with Crippen molar-refractivity contribution in [3.05, 3.63) is 42.5 Å². The summed E-state index contributed by atoms with van der Waals surface area (Å²) in [6.07, 6.45) is 0. The molecule has 0 amide bonds. The van der Waals surface area contributed by atoms with Crippen LogP contribution in [0.5, 0.6) is 23.0 Å². The van der Waals surface area contributed by atoms with Crippen LogP contribution in [0.25, 0.3) is 22.2 Å². The Balaban J connectivity index is 2.24. The third-order valence-electron chi connectivity index (χ3n) is 5.58. The first-order valence-corrected chi connectivity index (χ1v) is 14.2. The molecule has 1 atom stereocenters. The Bertz CT molecular complexity index is 1290. The molecule has 1 N–H and O–H groups in total. The summed E-state index contributed by atoms with van der Waals surface area (Å²) in [5, 5.41) is 3.19. The summed E-state index contributed by atoms with van der Waals surface area (Å²) < 4.78 is 43.1. The lowest BCUT2D eigenvalue weighted by atomic mass is 10.1. The zero-order valence-corrected chi connectivity index (χ0v) is 23.9. The van der Waals surface area contributed by atoms with E-state index in [1.54, 1.807) is 37.4 Å². The Hall–Kier alpha value is -2.75. The number of alkyl halides is 2. The maximum Gasteiger partial charge on any atom is 0.393 e. The molecule has 1 aromatic heterocycles. The van der Waals surface area contributed by atoms with Gasteiger partial charge in [0.1, 0.15) is 29.5 Å². The van der Waals surface area contributed by atoms with Gasteiger partial charge in [0.25, 0.3) is 0 Å². The maximum atomic E-state index is 14.3. The predicted octanol–water partition coefficient (Wildman–Crippen LogP) is 4.96. The van der Waals surface area contributed by atoms with Gasteiger partial charge in [-0.25, -0.2) is 19.3 Å². The first-order valence-electron chi connectivity index (χ1n) is 11.5. The minimum atomic E-state index is -3.95. The van der Waals surface area contributed by atoms with Gasteiger partial charge in [0.05, 0.1) is 45.0 Å².